The van der Waals surface area contributed by atoms with Crippen LogP contribution in [-0.2, 0) is 9.53 Å². The van der Waals surface area contributed by atoms with Gasteiger partial charge in [-0.3, -0.25) is 4.79 Å². The standard InChI is InChI=1S/C17H26N2O2/c1-19(15-10-8-14(18)9-11-15)12-16(17(20)21-2)13-6-4-3-5-7-13/h3-7,14-16H,8-12,18H2,1-2H3. The molecule has 1 aromatic rings. The third-order valence-corrected chi connectivity index (χ3v) is 4.52. The minimum Gasteiger partial charge on any atom is -0.469 e. The highest BCUT2D eigenvalue weighted by Gasteiger charge is 2.28. The molecule has 1 aromatic carbocycles. The second-order valence-electron chi connectivity index (χ2n) is 5.99. The van der Waals surface area contributed by atoms with Crippen molar-refractivity contribution >= 4 is 5.97 Å². The minimum absolute atomic E-state index is 0.166. The molecule has 0 saturated heterocycles. The van der Waals surface area contributed by atoms with E-state index in [4.69, 9.17) is 10.5 Å². The number of nitrogens with two attached hydrogens (primary N) is 1. The number of nitrogens with zero attached hydrogens (tertiary/aromatic N) is 1. The van der Waals surface area contributed by atoms with E-state index in [2.05, 4.69) is 11.9 Å². The van der Waals surface area contributed by atoms with E-state index in [1.54, 1.807) is 0 Å². The Labute approximate surface area is 127 Å². The van der Waals surface area contributed by atoms with Gasteiger partial charge in [-0.15, -0.1) is 0 Å². The summed E-state index contributed by atoms with van der Waals surface area (Å²) >= 11 is 0. The lowest BCUT2D eigenvalue weighted by Gasteiger charge is -2.35. The van der Waals surface area contributed by atoms with Crippen molar-refractivity contribution in [3.05, 3.63) is 35.9 Å². The number of carbonyl (C=O) groups excluding carboxylic acids is 1. The number of ether oxygens (including phenoxy) is 1. The summed E-state index contributed by atoms with van der Waals surface area (Å²) in [6.07, 6.45) is 4.37. The van der Waals surface area contributed by atoms with E-state index in [1.165, 1.54) is 7.11 Å². The van der Waals surface area contributed by atoms with Crippen LogP contribution in [-0.4, -0.2) is 43.7 Å². The van der Waals surface area contributed by atoms with Crippen molar-refractivity contribution in [1.29, 1.82) is 0 Å². The maximum atomic E-state index is 12.1. The normalized spacial score (nSPS) is 23.8. The van der Waals surface area contributed by atoms with Crippen molar-refractivity contribution in [2.24, 2.45) is 5.73 Å². The fourth-order valence-corrected chi connectivity index (χ4v) is 3.12. The molecule has 0 spiro atoms. The van der Waals surface area contributed by atoms with Crippen molar-refractivity contribution in [2.75, 3.05) is 20.7 Å². The van der Waals surface area contributed by atoms with Gasteiger partial charge >= 0.3 is 5.97 Å². The molecule has 1 saturated carbocycles. The van der Waals surface area contributed by atoms with Crippen LogP contribution in [0.25, 0.3) is 0 Å². The maximum Gasteiger partial charge on any atom is 0.314 e. The first kappa shape index (κ1) is 16.0. The van der Waals surface area contributed by atoms with Crippen LogP contribution in [0, 0.1) is 0 Å². The highest BCUT2D eigenvalue weighted by Crippen LogP contribution is 2.25. The lowest BCUT2D eigenvalue weighted by Crippen LogP contribution is -2.41. The summed E-state index contributed by atoms with van der Waals surface area (Å²) in [5.41, 5.74) is 6.98. The molecule has 4 heteroatoms. The molecular weight excluding hydrogens is 264 g/mol. The molecule has 0 radical (unpaired) electrons. The zero-order chi connectivity index (χ0) is 15.2. The van der Waals surface area contributed by atoms with Gasteiger partial charge in [-0.25, -0.2) is 0 Å². The molecule has 21 heavy (non-hydrogen) atoms. The fraction of sp³-hybridized carbons (Fsp3) is 0.588. The minimum atomic E-state index is -0.225. The summed E-state index contributed by atoms with van der Waals surface area (Å²) in [4.78, 5) is 14.4. The van der Waals surface area contributed by atoms with Gasteiger partial charge in [0.15, 0.2) is 0 Å². The molecule has 0 heterocycles. The Morgan fingerprint density at radius 2 is 1.90 bits per heavy atom. The molecule has 0 bridgehead atoms. The molecule has 1 aliphatic carbocycles. The van der Waals surface area contributed by atoms with Crippen LogP contribution in [0.1, 0.15) is 37.2 Å². The lowest BCUT2D eigenvalue weighted by molar-refractivity contribution is -0.143. The Morgan fingerprint density at radius 1 is 1.29 bits per heavy atom. The molecule has 2 rings (SSSR count). The van der Waals surface area contributed by atoms with Gasteiger partial charge < -0.3 is 15.4 Å². The third-order valence-electron chi connectivity index (χ3n) is 4.52. The predicted molar refractivity (Wildman–Crippen MR) is 84.1 cm³/mol. The number of hydrogen-bond donors (Lipinski definition) is 1. The number of benzene rings is 1. The molecule has 2 N–H and O–H groups in total. The lowest BCUT2D eigenvalue weighted by atomic mass is 9.90. The summed E-state index contributed by atoms with van der Waals surface area (Å²) in [6.45, 7) is 0.691. The molecule has 1 aliphatic rings. The SMILES string of the molecule is COC(=O)C(CN(C)C1CCC(N)CC1)c1ccccc1. The average molecular weight is 290 g/mol. The van der Waals surface area contributed by atoms with Gasteiger partial charge in [-0.2, -0.15) is 0 Å². The van der Waals surface area contributed by atoms with E-state index in [0.29, 0.717) is 18.6 Å². The van der Waals surface area contributed by atoms with Crippen LogP contribution < -0.4 is 5.73 Å². The predicted octanol–water partition coefficient (Wildman–Crippen LogP) is 2.14. The highest BCUT2D eigenvalue weighted by molar-refractivity contribution is 5.78. The summed E-state index contributed by atoms with van der Waals surface area (Å²) in [5.74, 6) is -0.391. The maximum absolute atomic E-state index is 12.1. The molecule has 116 valence electrons. The summed E-state index contributed by atoms with van der Waals surface area (Å²) in [5, 5.41) is 0. The second-order valence-corrected chi connectivity index (χ2v) is 5.99. The van der Waals surface area contributed by atoms with Crippen LogP contribution >= 0.6 is 0 Å². The van der Waals surface area contributed by atoms with E-state index in [1.807, 2.05) is 30.3 Å². The van der Waals surface area contributed by atoms with Gasteiger partial charge in [0.2, 0.25) is 0 Å². The molecule has 0 aliphatic heterocycles. The van der Waals surface area contributed by atoms with Gasteiger partial charge in [-0.05, 0) is 38.3 Å². The van der Waals surface area contributed by atoms with Gasteiger partial charge in [0.1, 0.15) is 0 Å². The van der Waals surface area contributed by atoms with E-state index >= 15 is 0 Å². The first-order chi connectivity index (χ1) is 10.1. The van der Waals surface area contributed by atoms with Crippen molar-refractivity contribution in [3.8, 4) is 0 Å². The number of likely N-dealkylation sites (N-methyl/N-ethyl adjacent to an activating group) is 1. The zero-order valence-corrected chi connectivity index (χ0v) is 13.0. The van der Waals surface area contributed by atoms with Crippen LogP contribution in [0.2, 0.25) is 0 Å². The Balaban J connectivity index is 2.03. The summed E-state index contributed by atoms with van der Waals surface area (Å²) < 4.78 is 4.99. The smallest absolute Gasteiger partial charge is 0.314 e. The van der Waals surface area contributed by atoms with E-state index < -0.39 is 0 Å². The summed E-state index contributed by atoms with van der Waals surface area (Å²) in [6, 6.07) is 10.7. The van der Waals surface area contributed by atoms with Gasteiger partial charge in [0, 0.05) is 18.6 Å². The quantitative estimate of drug-likeness (QED) is 0.844. The Kier molecular flexibility index (Phi) is 5.76. The van der Waals surface area contributed by atoms with Crippen LogP contribution in [0.5, 0.6) is 0 Å². The number of carbonyl (C=O) groups is 1. The van der Waals surface area contributed by atoms with Crippen molar-refractivity contribution in [3.63, 3.8) is 0 Å². The Hall–Kier alpha value is -1.39. The molecule has 1 unspecified atom stereocenters. The topological polar surface area (TPSA) is 55.6 Å². The average Bonchev–Trinajstić information content (AvgIpc) is 2.53. The van der Waals surface area contributed by atoms with Crippen LogP contribution in [0.3, 0.4) is 0 Å². The number of hydrogen-bond acceptors (Lipinski definition) is 4. The van der Waals surface area contributed by atoms with E-state index in [9.17, 15) is 4.79 Å². The van der Waals surface area contributed by atoms with Crippen LogP contribution in [0.15, 0.2) is 30.3 Å². The largest absolute Gasteiger partial charge is 0.469 e. The summed E-state index contributed by atoms with van der Waals surface area (Å²) in [7, 11) is 3.55. The van der Waals surface area contributed by atoms with Gasteiger partial charge in [0.05, 0.1) is 13.0 Å². The number of rotatable bonds is 5. The first-order valence-electron chi connectivity index (χ1n) is 7.70. The van der Waals surface area contributed by atoms with Crippen LogP contribution in [0.4, 0.5) is 0 Å². The van der Waals surface area contributed by atoms with E-state index in [-0.39, 0.29) is 11.9 Å². The van der Waals surface area contributed by atoms with Crippen molar-refractivity contribution in [1.82, 2.24) is 4.90 Å². The molecule has 1 atom stereocenters. The van der Waals surface area contributed by atoms with Crippen molar-refractivity contribution < 1.29 is 9.53 Å². The zero-order valence-electron chi connectivity index (χ0n) is 13.0. The van der Waals surface area contributed by atoms with Gasteiger partial charge in [-0.1, -0.05) is 30.3 Å². The monoisotopic (exact) mass is 290 g/mol. The molecule has 0 aromatic heterocycles. The Morgan fingerprint density at radius 3 is 2.48 bits per heavy atom. The molecular formula is C17H26N2O2. The first-order valence-corrected chi connectivity index (χ1v) is 7.70. The second kappa shape index (κ2) is 7.57. The molecule has 4 nitrogen and oxygen atoms in total. The molecule has 1 fully saturated rings. The van der Waals surface area contributed by atoms with Gasteiger partial charge in [0.25, 0.3) is 0 Å². The van der Waals surface area contributed by atoms with Crippen molar-refractivity contribution in [2.45, 2.75) is 43.7 Å². The number of esters is 1. The highest BCUT2D eigenvalue weighted by atomic mass is 16.5. The molecule has 0 amide bonds. The fourth-order valence-electron chi connectivity index (χ4n) is 3.12. The van der Waals surface area contributed by atoms with E-state index in [0.717, 1.165) is 31.2 Å². The number of methoxy groups -OCH3 is 1. The third kappa shape index (κ3) is 4.29. The Bertz CT molecular complexity index is 441.